The van der Waals surface area contributed by atoms with Crippen LogP contribution in [-0.4, -0.2) is 44.0 Å². The summed E-state index contributed by atoms with van der Waals surface area (Å²) in [6.45, 7) is 18.5. The Morgan fingerprint density at radius 1 is 0.932 bits per heavy atom. The van der Waals surface area contributed by atoms with Gasteiger partial charge in [-0.2, -0.15) is 0 Å². The number of unbranched alkanes of at least 4 members (excludes halogenated alkanes) is 3. The molecule has 0 aromatic rings. The predicted octanol–water partition coefficient (Wildman–Crippen LogP) is 10.0. The van der Waals surface area contributed by atoms with Crippen LogP contribution >= 0.6 is 15.9 Å². The molecule has 44 heavy (non-hydrogen) atoms. The van der Waals surface area contributed by atoms with Crippen LogP contribution in [0.4, 0.5) is 0 Å². The first-order valence-corrected chi connectivity index (χ1v) is 22.3. The van der Waals surface area contributed by atoms with E-state index in [2.05, 4.69) is 49.8 Å². The second-order valence-electron chi connectivity index (χ2n) is 17.4. The molecule has 4 rings (SSSR count). The van der Waals surface area contributed by atoms with Gasteiger partial charge in [-0.05, 0) is 164 Å². The lowest BCUT2D eigenvalue weighted by molar-refractivity contribution is -0.170. The fourth-order valence-electron chi connectivity index (χ4n) is 10.5. The Morgan fingerprint density at radius 2 is 1.61 bits per heavy atom. The molecule has 5 nitrogen and oxygen atoms in total. The number of aliphatic hydroxyl groups is 1. The lowest BCUT2D eigenvalue weighted by Gasteiger charge is -2.61. The highest BCUT2D eigenvalue weighted by Crippen LogP contribution is 2.68. The fraction of sp³-hybridized carbons (Fsp3) is 0.973. The summed E-state index contributed by atoms with van der Waals surface area (Å²) in [4.78, 5) is 12.6. The maximum absolute atomic E-state index is 12.6. The van der Waals surface area contributed by atoms with Crippen molar-refractivity contribution in [3.8, 4) is 0 Å². The van der Waals surface area contributed by atoms with Gasteiger partial charge in [0.15, 0.2) is 0 Å². The molecule has 0 heterocycles. The van der Waals surface area contributed by atoms with E-state index in [0.29, 0.717) is 29.1 Å². The standard InChI is InChI=1S/C37H67BrO5Si/c1-26(13-18-33(39)43-44(7,8)41-24-12-10-9-11-23-38)30-16-17-31-29-15-14-27-25-28(42-34(40)35(2,3)4)19-21-36(27,5)32(29)20-22-37(30,31)6/h26-33,39H,9-25H2,1-8H3/t26-,27?,28-,29?,30?,31?,32?,33?,36+,37-/m1/s1. The van der Waals surface area contributed by atoms with Gasteiger partial charge in [0.2, 0.25) is 0 Å². The van der Waals surface area contributed by atoms with Crippen molar-refractivity contribution in [3.63, 3.8) is 0 Å². The quantitative estimate of drug-likeness (QED) is 0.0643. The van der Waals surface area contributed by atoms with Gasteiger partial charge in [-0.3, -0.25) is 4.79 Å². The van der Waals surface area contributed by atoms with E-state index in [0.717, 1.165) is 61.3 Å². The third kappa shape index (κ3) is 8.55. The summed E-state index contributed by atoms with van der Waals surface area (Å²) in [6.07, 6.45) is 17.2. The number of alkyl halides is 1. The third-order valence-electron chi connectivity index (χ3n) is 13.0. The van der Waals surface area contributed by atoms with E-state index in [1.54, 1.807) is 0 Å². The Hall–Kier alpha value is 0.0469. The Labute approximate surface area is 280 Å². The normalized spacial score (nSPS) is 37.0. The van der Waals surface area contributed by atoms with Crippen molar-refractivity contribution in [2.24, 2.45) is 51.8 Å². The Kier molecular flexibility index (Phi) is 12.6. The Morgan fingerprint density at radius 3 is 2.32 bits per heavy atom. The molecule has 0 bridgehead atoms. The van der Waals surface area contributed by atoms with Crippen molar-refractivity contribution in [2.45, 2.75) is 163 Å². The SMILES string of the molecule is C[C@H](CCC(O)O[Si](C)(C)OCCCCCCBr)C1CCC2C3CCC4C[C@H](OC(=O)C(C)(C)C)CC[C@]4(C)C3CC[C@@]21C. The molecule has 7 heteroatoms. The van der Waals surface area contributed by atoms with Crippen LogP contribution in [0.25, 0.3) is 0 Å². The maximum atomic E-state index is 12.6. The zero-order valence-corrected chi connectivity index (χ0v) is 32.2. The summed E-state index contributed by atoms with van der Waals surface area (Å²) < 4.78 is 18.3. The molecule has 4 aliphatic rings. The minimum Gasteiger partial charge on any atom is -0.462 e. The first-order chi connectivity index (χ1) is 20.6. The van der Waals surface area contributed by atoms with Crippen molar-refractivity contribution < 1.29 is 23.5 Å². The zero-order valence-electron chi connectivity index (χ0n) is 29.6. The summed E-state index contributed by atoms with van der Waals surface area (Å²) in [7, 11) is -2.33. The first-order valence-electron chi connectivity index (χ1n) is 18.4. The fourth-order valence-corrected chi connectivity index (χ4v) is 12.4. The number of aliphatic hydroxyl groups excluding tert-OH is 1. The summed E-state index contributed by atoms with van der Waals surface area (Å²) in [5, 5.41) is 11.9. The van der Waals surface area contributed by atoms with Gasteiger partial charge in [0.1, 0.15) is 12.4 Å². The molecule has 1 N–H and O–H groups in total. The van der Waals surface area contributed by atoms with E-state index >= 15 is 0 Å². The molecule has 0 radical (unpaired) electrons. The minimum atomic E-state index is -2.33. The number of carbonyl (C=O) groups excluding carboxylic acids is 1. The van der Waals surface area contributed by atoms with E-state index in [1.165, 1.54) is 64.2 Å². The Bertz CT molecular complexity index is 937. The highest BCUT2D eigenvalue weighted by Gasteiger charge is 2.60. The molecule has 6 unspecified atom stereocenters. The monoisotopic (exact) mass is 698 g/mol. The number of hydrogen-bond donors (Lipinski definition) is 1. The molecule has 10 atom stereocenters. The highest BCUT2D eigenvalue weighted by molar-refractivity contribution is 9.09. The van der Waals surface area contributed by atoms with Crippen LogP contribution in [0.5, 0.6) is 0 Å². The minimum absolute atomic E-state index is 0.0376. The van der Waals surface area contributed by atoms with Crippen LogP contribution < -0.4 is 0 Å². The molecule has 0 aromatic carbocycles. The van der Waals surface area contributed by atoms with Crippen LogP contribution in [-0.2, 0) is 18.4 Å². The largest absolute Gasteiger partial charge is 0.462 e. The molecule has 0 aliphatic heterocycles. The summed E-state index contributed by atoms with van der Waals surface area (Å²) in [6, 6.07) is 0. The smallest absolute Gasteiger partial charge is 0.333 e. The molecule has 0 saturated heterocycles. The van der Waals surface area contributed by atoms with Crippen molar-refractivity contribution >= 4 is 30.5 Å². The molecule has 0 amide bonds. The average molecular weight is 700 g/mol. The second-order valence-corrected chi connectivity index (χ2v) is 21.5. The third-order valence-corrected chi connectivity index (χ3v) is 15.3. The lowest BCUT2D eigenvalue weighted by atomic mass is 9.44. The van der Waals surface area contributed by atoms with Crippen molar-refractivity contribution in [1.29, 1.82) is 0 Å². The van der Waals surface area contributed by atoms with Gasteiger partial charge in [-0.1, -0.05) is 49.5 Å². The van der Waals surface area contributed by atoms with Crippen LogP contribution in [0.15, 0.2) is 0 Å². The molecule has 4 fully saturated rings. The van der Waals surface area contributed by atoms with Crippen LogP contribution in [0.3, 0.4) is 0 Å². The topological polar surface area (TPSA) is 65.0 Å². The summed E-state index contributed by atoms with van der Waals surface area (Å²) in [5.74, 6) is 4.48. The molecule has 0 spiro atoms. The van der Waals surface area contributed by atoms with Crippen molar-refractivity contribution in [1.82, 2.24) is 0 Å². The number of rotatable bonds is 14. The van der Waals surface area contributed by atoms with Crippen LogP contribution in [0.1, 0.15) is 138 Å². The summed E-state index contributed by atoms with van der Waals surface area (Å²) in [5.41, 5.74) is 0.389. The average Bonchev–Trinajstić information content (AvgIpc) is 3.30. The van der Waals surface area contributed by atoms with Crippen molar-refractivity contribution in [2.75, 3.05) is 11.9 Å². The van der Waals surface area contributed by atoms with Gasteiger partial charge in [0.05, 0.1) is 5.41 Å². The molecule has 4 aliphatic carbocycles. The number of ether oxygens (including phenoxy) is 1. The summed E-state index contributed by atoms with van der Waals surface area (Å²) >= 11 is 3.50. The molecule has 256 valence electrons. The van der Waals surface area contributed by atoms with E-state index in [-0.39, 0.29) is 12.1 Å². The van der Waals surface area contributed by atoms with Gasteiger partial charge in [0.25, 0.3) is 0 Å². The number of esters is 1. The van der Waals surface area contributed by atoms with E-state index in [9.17, 15) is 9.90 Å². The van der Waals surface area contributed by atoms with Gasteiger partial charge in [-0.25, -0.2) is 0 Å². The number of halogens is 1. The van der Waals surface area contributed by atoms with E-state index < -0.39 is 20.3 Å². The van der Waals surface area contributed by atoms with Gasteiger partial charge in [0, 0.05) is 11.9 Å². The zero-order chi connectivity index (χ0) is 32.3. The molecule has 4 saturated carbocycles. The number of hydrogen-bond acceptors (Lipinski definition) is 5. The van der Waals surface area contributed by atoms with Gasteiger partial charge >= 0.3 is 14.5 Å². The Balaban J connectivity index is 1.27. The lowest BCUT2D eigenvalue weighted by Crippen LogP contribution is -2.54. The van der Waals surface area contributed by atoms with Crippen LogP contribution in [0, 0.1) is 51.8 Å². The van der Waals surface area contributed by atoms with E-state index in [1.807, 2.05) is 20.8 Å². The first kappa shape index (κ1) is 36.9. The van der Waals surface area contributed by atoms with Crippen LogP contribution in [0.2, 0.25) is 13.1 Å². The molecular weight excluding hydrogens is 632 g/mol. The van der Waals surface area contributed by atoms with Gasteiger partial charge in [-0.15, -0.1) is 0 Å². The number of carbonyl (C=O) groups is 1. The second kappa shape index (κ2) is 15.1. The van der Waals surface area contributed by atoms with E-state index in [4.69, 9.17) is 13.6 Å². The molecule has 0 aromatic heterocycles. The number of fused-ring (bicyclic) bond motifs is 5. The van der Waals surface area contributed by atoms with Crippen molar-refractivity contribution in [3.05, 3.63) is 0 Å². The maximum Gasteiger partial charge on any atom is 0.333 e. The highest BCUT2D eigenvalue weighted by atomic mass is 79.9. The van der Waals surface area contributed by atoms with Gasteiger partial charge < -0.3 is 18.7 Å². The molecular formula is C37H67BrO5Si. The predicted molar refractivity (Wildman–Crippen MR) is 186 cm³/mol.